The van der Waals surface area contributed by atoms with E-state index in [2.05, 4.69) is 10.2 Å². The number of amides is 1. The summed E-state index contributed by atoms with van der Waals surface area (Å²) >= 11 is 0. The van der Waals surface area contributed by atoms with E-state index in [0.29, 0.717) is 43.9 Å². The Morgan fingerprint density at radius 2 is 1.83 bits per heavy atom. The molecule has 3 heterocycles. The summed E-state index contributed by atoms with van der Waals surface area (Å²) in [6, 6.07) is 14.2. The highest BCUT2D eigenvalue weighted by Crippen LogP contribution is 2.40. The van der Waals surface area contributed by atoms with Crippen LogP contribution in [0, 0.1) is 5.41 Å². The molecular formula is C25H24F3N3O4. The third-order valence-corrected chi connectivity index (χ3v) is 6.65. The zero-order chi connectivity index (χ0) is 24.6. The van der Waals surface area contributed by atoms with Crippen LogP contribution in [0.2, 0.25) is 0 Å². The Kier molecular flexibility index (Phi) is 6.00. The third-order valence-electron chi connectivity index (χ3n) is 6.65. The van der Waals surface area contributed by atoms with Crippen LogP contribution < -0.4 is 4.74 Å². The number of benzene rings is 2. The van der Waals surface area contributed by atoms with Gasteiger partial charge in [0.2, 0.25) is 11.8 Å². The van der Waals surface area contributed by atoms with Gasteiger partial charge < -0.3 is 18.8 Å². The van der Waals surface area contributed by atoms with Gasteiger partial charge in [0.1, 0.15) is 12.4 Å². The summed E-state index contributed by atoms with van der Waals surface area (Å²) in [6.07, 6.45) is -3.46. The largest absolute Gasteiger partial charge is 0.491 e. The highest BCUT2D eigenvalue weighted by Gasteiger charge is 2.42. The summed E-state index contributed by atoms with van der Waals surface area (Å²) in [6.45, 7) is 3.53. The first-order chi connectivity index (χ1) is 16.7. The van der Waals surface area contributed by atoms with Crippen molar-refractivity contribution < 1.29 is 31.9 Å². The lowest BCUT2D eigenvalue weighted by atomic mass is 9.80. The average molecular weight is 487 g/mol. The van der Waals surface area contributed by atoms with Gasteiger partial charge in [0.05, 0.1) is 18.0 Å². The topological polar surface area (TPSA) is 77.7 Å². The molecule has 2 aliphatic heterocycles. The van der Waals surface area contributed by atoms with E-state index in [9.17, 15) is 18.0 Å². The quantitative estimate of drug-likeness (QED) is 0.516. The molecule has 1 amide bonds. The van der Waals surface area contributed by atoms with Crippen molar-refractivity contribution in [2.45, 2.75) is 38.5 Å². The molecule has 2 aliphatic rings. The second kappa shape index (κ2) is 8.99. The Morgan fingerprint density at radius 1 is 1.09 bits per heavy atom. The zero-order valence-corrected chi connectivity index (χ0v) is 19.0. The van der Waals surface area contributed by atoms with E-state index in [1.165, 1.54) is 0 Å². The van der Waals surface area contributed by atoms with E-state index in [-0.39, 0.29) is 24.4 Å². The first-order valence-corrected chi connectivity index (χ1v) is 11.4. The fourth-order valence-electron chi connectivity index (χ4n) is 4.51. The normalized spacial score (nSPS) is 20.0. The lowest BCUT2D eigenvalue weighted by molar-refractivity contribution is -0.157. The minimum Gasteiger partial charge on any atom is -0.491 e. The maximum absolute atomic E-state index is 13.9. The number of rotatable bonds is 3. The molecule has 1 saturated heterocycles. The molecule has 35 heavy (non-hydrogen) atoms. The monoisotopic (exact) mass is 487 g/mol. The molecule has 1 atom stereocenters. The maximum Gasteiger partial charge on any atom is 0.470 e. The first kappa shape index (κ1) is 23.3. The van der Waals surface area contributed by atoms with Crippen LogP contribution in [-0.2, 0) is 22.3 Å². The van der Waals surface area contributed by atoms with Crippen molar-refractivity contribution in [1.82, 2.24) is 15.1 Å². The summed E-state index contributed by atoms with van der Waals surface area (Å²) in [4.78, 5) is 15.7. The minimum absolute atomic E-state index is 0.0295. The van der Waals surface area contributed by atoms with Gasteiger partial charge in [-0.25, -0.2) is 0 Å². The average Bonchev–Trinajstić information content (AvgIpc) is 3.28. The molecule has 1 unspecified atom stereocenters. The van der Waals surface area contributed by atoms with E-state index in [4.69, 9.17) is 13.9 Å². The molecule has 1 fully saturated rings. The molecule has 0 spiro atoms. The number of carbonyl (C=O) groups excluding carboxylic acids is 1. The summed E-state index contributed by atoms with van der Waals surface area (Å²) in [5.74, 6) is -1.17. The highest BCUT2D eigenvalue weighted by molar-refractivity contribution is 5.83. The van der Waals surface area contributed by atoms with Crippen LogP contribution >= 0.6 is 0 Å². The Morgan fingerprint density at radius 3 is 2.51 bits per heavy atom. The number of hydrogen-bond acceptors (Lipinski definition) is 6. The summed E-state index contributed by atoms with van der Waals surface area (Å²) in [7, 11) is 0. The highest BCUT2D eigenvalue weighted by atomic mass is 19.4. The summed E-state index contributed by atoms with van der Waals surface area (Å²) in [5.41, 5.74) is 1.44. The van der Waals surface area contributed by atoms with Gasteiger partial charge in [-0.15, -0.1) is 10.2 Å². The fraction of sp³-hybridized carbons (Fsp3) is 0.400. The number of aromatic nitrogens is 2. The van der Waals surface area contributed by atoms with Crippen molar-refractivity contribution in [3.63, 3.8) is 0 Å². The molecule has 2 aromatic carbocycles. The number of fused-ring (bicyclic) bond motifs is 1. The van der Waals surface area contributed by atoms with Gasteiger partial charge in [0.15, 0.2) is 0 Å². The Hall–Kier alpha value is -3.40. The number of hydrogen-bond donors (Lipinski definition) is 0. The van der Waals surface area contributed by atoms with Crippen molar-refractivity contribution in [3.8, 4) is 17.2 Å². The van der Waals surface area contributed by atoms with E-state index in [0.717, 1.165) is 11.1 Å². The van der Waals surface area contributed by atoms with Crippen LogP contribution in [-0.4, -0.2) is 40.8 Å². The number of alkyl halides is 3. The van der Waals surface area contributed by atoms with Crippen LogP contribution in [0.3, 0.4) is 0 Å². The molecule has 3 aromatic rings. The smallest absolute Gasteiger partial charge is 0.470 e. The standard InChI is InChI=1S/C25H24F3N3O4/c1-24(9-11-33-12-10-24)23(32)31-14-18-8-7-17(21-29-30-22(35-21)25(26,27)28)13-20(18)34-15-19(31)16-5-3-2-4-6-16/h2-8,13,19H,9-12,14-15H2,1H3. The van der Waals surface area contributed by atoms with E-state index >= 15 is 0 Å². The Balaban J connectivity index is 1.49. The van der Waals surface area contributed by atoms with Gasteiger partial charge in [0, 0.05) is 24.3 Å². The SMILES string of the molecule is CC1(C(=O)N2Cc3ccc(-c4nnc(C(F)(F)F)o4)cc3OCC2c2ccccc2)CCOCC1. The summed E-state index contributed by atoms with van der Waals surface area (Å²) in [5, 5.41) is 6.63. The lowest BCUT2D eigenvalue weighted by Gasteiger charge is -2.39. The van der Waals surface area contributed by atoms with Crippen LogP contribution in [0.1, 0.15) is 42.8 Å². The van der Waals surface area contributed by atoms with Crippen molar-refractivity contribution in [1.29, 1.82) is 0 Å². The van der Waals surface area contributed by atoms with Gasteiger partial charge in [-0.1, -0.05) is 43.3 Å². The Bertz CT molecular complexity index is 1210. The number of carbonyl (C=O) groups is 1. The molecule has 0 radical (unpaired) electrons. The van der Waals surface area contributed by atoms with Crippen molar-refractivity contribution >= 4 is 5.91 Å². The fourth-order valence-corrected chi connectivity index (χ4v) is 4.51. The second-order valence-electron chi connectivity index (χ2n) is 9.08. The molecule has 0 aliphatic carbocycles. The minimum atomic E-state index is -4.72. The van der Waals surface area contributed by atoms with Crippen LogP contribution in [0.5, 0.6) is 5.75 Å². The van der Waals surface area contributed by atoms with E-state index < -0.39 is 17.5 Å². The molecule has 7 nitrogen and oxygen atoms in total. The first-order valence-electron chi connectivity index (χ1n) is 11.4. The second-order valence-corrected chi connectivity index (χ2v) is 9.08. The van der Waals surface area contributed by atoms with Gasteiger partial charge in [-0.2, -0.15) is 13.2 Å². The van der Waals surface area contributed by atoms with Gasteiger partial charge in [-0.05, 0) is 30.5 Å². The van der Waals surface area contributed by atoms with Crippen molar-refractivity contribution in [2.75, 3.05) is 19.8 Å². The van der Waals surface area contributed by atoms with Crippen LogP contribution in [0.15, 0.2) is 52.9 Å². The predicted molar refractivity (Wildman–Crippen MR) is 118 cm³/mol. The number of halogens is 3. The predicted octanol–water partition coefficient (Wildman–Crippen LogP) is 5.03. The molecule has 10 heteroatoms. The Labute approximate surface area is 199 Å². The molecule has 0 N–H and O–H groups in total. The molecule has 5 rings (SSSR count). The summed E-state index contributed by atoms with van der Waals surface area (Å²) < 4.78 is 55.1. The van der Waals surface area contributed by atoms with Crippen molar-refractivity contribution in [3.05, 3.63) is 65.5 Å². The molecule has 184 valence electrons. The van der Waals surface area contributed by atoms with E-state index in [1.54, 1.807) is 18.2 Å². The zero-order valence-electron chi connectivity index (χ0n) is 19.0. The molecule has 1 aromatic heterocycles. The van der Waals surface area contributed by atoms with Gasteiger partial charge in [-0.3, -0.25) is 4.79 Å². The van der Waals surface area contributed by atoms with Crippen LogP contribution in [0.4, 0.5) is 13.2 Å². The number of ether oxygens (including phenoxy) is 2. The molecule has 0 saturated carbocycles. The van der Waals surface area contributed by atoms with E-state index in [1.807, 2.05) is 42.2 Å². The van der Waals surface area contributed by atoms with Gasteiger partial charge in [0.25, 0.3) is 0 Å². The van der Waals surface area contributed by atoms with Crippen molar-refractivity contribution in [2.24, 2.45) is 5.41 Å². The third kappa shape index (κ3) is 4.62. The van der Waals surface area contributed by atoms with Crippen LogP contribution in [0.25, 0.3) is 11.5 Å². The number of nitrogens with zero attached hydrogens (tertiary/aromatic N) is 3. The lowest BCUT2D eigenvalue weighted by Crippen LogP contribution is -2.47. The molecule has 0 bridgehead atoms. The molecular weight excluding hydrogens is 463 g/mol. The maximum atomic E-state index is 13.9. The van der Waals surface area contributed by atoms with Gasteiger partial charge >= 0.3 is 12.1 Å².